The highest BCUT2D eigenvalue weighted by atomic mass is 16.1. The van der Waals surface area contributed by atoms with Crippen molar-refractivity contribution in [3.05, 3.63) is 0 Å². The molecule has 0 radical (unpaired) electrons. The molecule has 0 saturated carbocycles. The number of carbonyl (C=O) groups excluding carboxylic acids is 1. The Kier molecular flexibility index (Phi) is 25.9. The van der Waals surface area contributed by atoms with Crippen molar-refractivity contribution >= 4 is 6.29 Å². The van der Waals surface area contributed by atoms with E-state index in [1.165, 1.54) is 0 Å². The summed E-state index contributed by atoms with van der Waals surface area (Å²) in [7, 11) is 0. The van der Waals surface area contributed by atoms with Crippen LogP contribution in [0.3, 0.4) is 0 Å². The van der Waals surface area contributed by atoms with Gasteiger partial charge in [-0.1, -0.05) is 34.1 Å². The van der Waals surface area contributed by atoms with Gasteiger partial charge in [-0.2, -0.15) is 0 Å². The molecule has 0 spiro atoms. The first-order valence-corrected chi connectivity index (χ1v) is 3.76. The summed E-state index contributed by atoms with van der Waals surface area (Å²) < 4.78 is 0. The first-order chi connectivity index (χ1) is 4.31. The molecule has 0 amide bonds. The van der Waals surface area contributed by atoms with Gasteiger partial charge < -0.3 is 10.9 Å². The lowest BCUT2D eigenvalue weighted by Crippen LogP contribution is -1.92. The molecule has 10 heavy (non-hydrogen) atoms. The maximum atomic E-state index is 9.89. The van der Waals surface area contributed by atoms with Gasteiger partial charge in [0.1, 0.15) is 6.29 Å². The molecule has 0 aromatic rings. The zero-order valence-electron chi connectivity index (χ0n) is 7.68. The topological polar surface area (TPSA) is 52.1 Å². The number of aldehydes is 1. The average molecular weight is 147 g/mol. The number of hydrogen-bond donors (Lipinski definition) is 1. The van der Waals surface area contributed by atoms with Gasteiger partial charge in [-0.25, -0.2) is 0 Å². The summed E-state index contributed by atoms with van der Waals surface area (Å²) >= 11 is 0. The Morgan fingerprint density at radius 2 is 1.80 bits per heavy atom. The molecule has 0 aromatic carbocycles. The smallest absolute Gasteiger partial charge is 0.122 e. The summed E-state index contributed by atoms with van der Waals surface area (Å²) in [6, 6.07) is 0. The van der Waals surface area contributed by atoms with E-state index >= 15 is 0 Å². The fraction of sp³-hybridized carbons (Fsp3) is 0.875. The number of hydrogen-bond acceptors (Lipinski definition) is 2. The second-order valence-corrected chi connectivity index (χ2v) is 1.90. The Morgan fingerprint density at radius 1 is 1.40 bits per heavy atom. The monoisotopic (exact) mass is 147 g/mol. The fourth-order valence-corrected chi connectivity index (χ4v) is 0.523. The second-order valence-electron chi connectivity index (χ2n) is 1.90. The van der Waals surface area contributed by atoms with E-state index in [4.69, 9.17) is 0 Å². The molecule has 0 heterocycles. The van der Waals surface area contributed by atoms with Crippen molar-refractivity contribution in [1.82, 2.24) is 6.15 Å². The lowest BCUT2D eigenvalue weighted by Gasteiger charge is -1.94. The summed E-state index contributed by atoms with van der Waals surface area (Å²) in [5, 5.41) is 0. The van der Waals surface area contributed by atoms with E-state index in [0.717, 1.165) is 19.1 Å². The third-order valence-corrected chi connectivity index (χ3v) is 0.976. The molecule has 0 bridgehead atoms. The SMILES string of the molecule is CC.CCCC(C)C=O.N. The van der Waals surface area contributed by atoms with E-state index in [-0.39, 0.29) is 12.1 Å². The number of rotatable bonds is 3. The average Bonchev–Trinajstić information content (AvgIpc) is 1.93. The van der Waals surface area contributed by atoms with Gasteiger partial charge in [-0.3, -0.25) is 0 Å². The number of carbonyl (C=O) groups is 1. The van der Waals surface area contributed by atoms with E-state index < -0.39 is 0 Å². The van der Waals surface area contributed by atoms with Crippen LogP contribution in [0.25, 0.3) is 0 Å². The Balaban J connectivity index is -0.000000149. The van der Waals surface area contributed by atoms with Crippen LogP contribution in [-0.2, 0) is 4.79 Å². The summed E-state index contributed by atoms with van der Waals surface area (Å²) in [5.41, 5.74) is 0. The van der Waals surface area contributed by atoms with Crippen molar-refractivity contribution in [2.75, 3.05) is 0 Å². The maximum Gasteiger partial charge on any atom is 0.122 e. The minimum Gasteiger partial charge on any atom is -0.344 e. The molecule has 2 heteroatoms. The van der Waals surface area contributed by atoms with E-state index in [2.05, 4.69) is 6.92 Å². The molecule has 1 unspecified atom stereocenters. The largest absolute Gasteiger partial charge is 0.344 e. The second kappa shape index (κ2) is 15.9. The molecule has 3 N–H and O–H groups in total. The highest BCUT2D eigenvalue weighted by molar-refractivity contribution is 5.52. The zero-order chi connectivity index (χ0) is 7.70. The molecule has 1 atom stereocenters. The van der Waals surface area contributed by atoms with Crippen LogP contribution in [0.4, 0.5) is 0 Å². The van der Waals surface area contributed by atoms with E-state index in [0.29, 0.717) is 0 Å². The Bertz CT molecular complexity index is 55.2. The predicted molar refractivity (Wildman–Crippen MR) is 46.5 cm³/mol. The molecule has 0 rings (SSSR count). The van der Waals surface area contributed by atoms with Crippen molar-refractivity contribution in [1.29, 1.82) is 0 Å². The van der Waals surface area contributed by atoms with Gasteiger partial charge in [-0.15, -0.1) is 0 Å². The fourth-order valence-electron chi connectivity index (χ4n) is 0.523. The van der Waals surface area contributed by atoms with Crippen LogP contribution in [0, 0.1) is 5.92 Å². The van der Waals surface area contributed by atoms with E-state index in [1.807, 2.05) is 20.8 Å². The molecular weight excluding hydrogens is 126 g/mol. The minimum atomic E-state index is 0. The molecular formula is C8H21NO. The van der Waals surface area contributed by atoms with Gasteiger partial charge in [0.2, 0.25) is 0 Å². The molecule has 0 fully saturated rings. The highest BCUT2D eigenvalue weighted by Crippen LogP contribution is 1.98. The van der Waals surface area contributed by atoms with E-state index in [9.17, 15) is 4.79 Å². The normalized spacial score (nSPS) is 10.0. The molecule has 2 nitrogen and oxygen atoms in total. The molecule has 0 aromatic heterocycles. The summed E-state index contributed by atoms with van der Waals surface area (Å²) in [5.74, 6) is 0.269. The highest BCUT2D eigenvalue weighted by Gasteiger charge is 1.93. The van der Waals surface area contributed by atoms with Crippen LogP contribution in [0.5, 0.6) is 0 Å². The van der Waals surface area contributed by atoms with E-state index in [1.54, 1.807) is 0 Å². The van der Waals surface area contributed by atoms with Gasteiger partial charge in [-0.05, 0) is 6.42 Å². The van der Waals surface area contributed by atoms with Gasteiger partial charge >= 0.3 is 0 Å². The molecule has 0 aliphatic carbocycles. The quantitative estimate of drug-likeness (QED) is 0.624. The predicted octanol–water partition coefficient (Wildman–Crippen LogP) is 2.81. The van der Waals surface area contributed by atoms with Gasteiger partial charge in [0.15, 0.2) is 0 Å². The standard InChI is InChI=1S/C6H12O.C2H6.H3N/c1-3-4-6(2)5-7;1-2;/h5-6H,3-4H2,1-2H3;1-2H3;1H3. The van der Waals surface area contributed by atoms with Crippen molar-refractivity contribution in [3.63, 3.8) is 0 Å². The van der Waals surface area contributed by atoms with Crippen LogP contribution >= 0.6 is 0 Å². The Hall–Kier alpha value is -0.370. The third-order valence-electron chi connectivity index (χ3n) is 0.976. The van der Waals surface area contributed by atoms with Crippen molar-refractivity contribution in [2.45, 2.75) is 40.5 Å². The summed E-state index contributed by atoms with van der Waals surface area (Å²) in [6.45, 7) is 8.02. The molecule has 0 aliphatic rings. The summed E-state index contributed by atoms with van der Waals surface area (Å²) in [4.78, 5) is 9.89. The van der Waals surface area contributed by atoms with Gasteiger partial charge in [0, 0.05) is 5.92 Å². The summed E-state index contributed by atoms with van der Waals surface area (Å²) in [6.07, 6.45) is 3.15. The Morgan fingerprint density at radius 3 is 1.90 bits per heavy atom. The third kappa shape index (κ3) is 15.6. The molecule has 64 valence electrons. The first-order valence-electron chi connectivity index (χ1n) is 3.76. The van der Waals surface area contributed by atoms with Crippen LogP contribution in [-0.4, -0.2) is 6.29 Å². The zero-order valence-corrected chi connectivity index (χ0v) is 7.68. The van der Waals surface area contributed by atoms with Gasteiger partial charge in [0.05, 0.1) is 0 Å². The molecule has 0 saturated heterocycles. The van der Waals surface area contributed by atoms with Crippen molar-refractivity contribution in [3.8, 4) is 0 Å². The van der Waals surface area contributed by atoms with Crippen LogP contribution in [0.1, 0.15) is 40.5 Å². The molecule has 0 aliphatic heterocycles. The van der Waals surface area contributed by atoms with Crippen LogP contribution < -0.4 is 6.15 Å². The van der Waals surface area contributed by atoms with Crippen molar-refractivity contribution in [2.24, 2.45) is 5.92 Å². The van der Waals surface area contributed by atoms with Crippen molar-refractivity contribution < 1.29 is 4.79 Å². The minimum absolute atomic E-state index is 0. The lowest BCUT2D eigenvalue weighted by molar-refractivity contribution is -0.110. The lowest BCUT2D eigenvalue weighted by atomic mass is 10.1. The van der Waals surface area contributed by atoms with Crippen LogP contribution in [0.15, 0.2) is 0 Å². The maximum absolute atomic E-state index is 9.89. The van der Waals surface area contributed by atoms with Crippen LogP contribution in [0.2, 0.25) is 0 Å². The first kappa shape index (κ1) is 16.3. The van der Waals surface area contributed by atoms with Gasteiger partial charge in [0.25, 0.3) is 0 Å². The Labute approximate surface area is 64.6 Å².